The molecule has 0 bridgehead atoms. The Kier molecular flexibility index (Phi) is 5.82. The Hall–Kier alpha value is -0.870. The average molecular weight is 309 g/mol. The third kappa shape index (κ3) is 4.55. The van der Waals surface area contributed by atoms with Gasteiger partial charge in [-0.25, -0.2) is 0 Å². The minimum Gasteiger partial charge on any atom is -0.466 e. The summed E-state index contributed by atoms with van der Waals surface area (Å²) in [4.78, 5) is 13.3. The van der Waals surface area contributed by atoms with Crippen LogP contribution in [0.4, 0.5) is 0 Å². The molecule has 1 fully saturated rings. The predicted octanol–water partition coefficient (Wildman–Crippen LogP) is 3.74. The molecule has 0 radical (unpaired) electrons. The van der Waals surface area contributed by atoms with Crippen LogP contribution in [0.15, 0.2) is 17.5 Å². The lowest BCUT2D eigenvalue weighted by Crippen LogP contribution is -2.42. The molecule has 3 nitrogen and oxygen atoms in total. The highest BCUT2D eigenvalue weighted by atomic mass is 32.1. The third-order valence-electron chi connectivity index (χ3n) is 4.32. The normalized spacial score (nSPS) is 23.0. The number of hydrogen-bond donors (Lipinski definition) is 1. The van der Waals surface area contributed by atoms with E-state index in [0.717, 1.165) is 32.2 Å². The smallest absolute Gasteiger partial charge is 0.308 e. The van der Waals surface area contributed by atoms with Crippen LogP contribution in [-0.2, 0) is 14.9 Å². The molecular weight excluding hydrogens is 282 g/mol. The highest BCUT2D eigenvalue weighted by molar-refractivity contribution is 7.10. The van der Waals surface area contributed by atoms with Crippen LogP contribution < -0.4 is 5.32 Å². The summed E-state index contributed by atoms with van der Waals surface area (Å²) in [6, 6.07) is 4.75. The van der Waals surface area contributed by atoms with Crippen molar-refractivity contribution < 1.29 is 9.53 Å². The number of nitrogens with one attached hydrogen (secondary N) is 1. The van der Waals surface area contributed by atoms with Crippen molar-refractivity contribution in [3.05, 3.63) is 22.4 Å². The van der Waals surface area contributed by atoms with Gasteiger partial charge in [-0.2, -0.15) is 0 Å². The zero-order valence-electron chi connectivity index (χ0n) is 13.4. The monoisotopic (exact) mass is 309 g/mol. The van der Waals surface area contributed by atoms with Gasteiger partial charge in [-0.1, -0.05) is 26.3 Å². The molecule has 0 aliphatic heterocycles. The molecule has 2 unspecified atom stereocenters. The summed E-state index contributed by atoms with van der Waals surface area (Å²) in [6.07, 6.45) is 4.17. The van der Waals surface area contributed by atoms with Gasteiger partial charge in [0, 0.05) is 22.9 Å². The van der Waals surface area contributed by atoms with Crippen LogP contribution in [0.3, 0.4) is 0 Å². The Balaban J connectivity index is 1.84. The maximum absolute atomic E-state index is 11.9. The molecule has 4 heteroatoms. The van der Waals surface area contributed by atoms with Crippen LogP contribution >= 0.6 is 11.3 Å². The van der Waals surface area contributed by atoms with Crippen LogP contribution in [0.1, 0.15) is 51.3 Å². The lowest BCUT2D eigenvalue weighted by molar-refractivity contribution is -0.149. The lowest BCUT2D eigenvalue weighted by Gasteiger charge is -2.32. The van der Waals surface area contributed by atoms with Gasteiger partial charge in [0.05, 0.1) is 12.5 Å². The average Bonchev–Trinajstić information content (AvgIpc) is 3.01. The van der Waals surface area contributed by atoms with E-state index in [-0.39, 0.29) is 17.3 Å². The molecule has 1 heterocycles. The molecule has 2 atom stereocenters. The quantitative estimate of drug-likeness (QED) is 0.814. The van der Waals surface area contributed by atoms with Crippen molar-refractivity contribution in [1.82, 2.24) is 5.32 Å². The van der Waals surface area contributed by atoms with Crippen molar-refractivity contribution in [2.75, 3.05) is 13.2 Å². The molecule has 21 heavy (non-hydrogen) atoms. The van der Waals surface area contributed by atoms with Crippen molar-refractivity contribution in [3.63, 3.8) is 0 Å². The Morgan fingerprint density at radius 2 is 2.29 bits per heavy atom. The van der Waals surface area contributed by atoms with Gasteiger partial charge in [0.2, 0.25) is 0 Å². The van der Waals surface area contributed by atoms with Gasteiger partial charge in [0.25, 0.3) is 0 Å². The molecule has 118 valence electrons. The van der Waals surface area contributed by atoms with E-state index < -0.39 is 0 Å². The molecule has 1 saturated carbocycles. The number of ether oxygens (including phenoxy) is 1. The van der Waals surface area contributed by atoms with Crippen LogP contribution in [0, 0.1) is 5.92 Å². The van der Waals surface area contributed by atoms with E-state index in [1.54, 1.807) is 0 Å². The van der Waals surface area contributed by atoms with E-state index in [1.807, 2.05) is 18.3 Å². The van der Waals surface area contributed by atoms with Gasteiger partial charge >= 0.3 is 5.97 Å². The highest BCUT2D eigenvalue weighted by Crippen LogP contribution is 2.29. The first-order chi connectivity index (χ1) is 10.0. The van der Waals surface area contributed by atoms with E-state index in [9.17, 15) is 4.79 Å². The Labute approximate surface area is 132 Å². The van der Waals surface area contributed by atoms with Crippen LogP contribution in [0.2, 0.25) is 0 Å². The van der Waals surface area contributed by atoms with Crippen LogP contribution in [-0.4, -0.2) is 25.2 Å². The van der Waals surface area contributed by atoms with E-state index >= 15 is 0 Å². The molecule has 0 spiro atoms. The summed E-state index contributed by atoms with van der Waals surface area (Å²) in [6.45, 7) is 7.86. The minimum atomic E-state index is -0.0125. The van der Waals surface area contributed by atoms with Gasteiger partial charge in [-0.15, -0.1) is 11.3 Å². The topological polar surface area (TPSA) is 38.3 Å². The Bertz CT molecular complexity index is 442. The predicted molar refractivity (Wildman–Crippen MR) is 87.7 cm³/mol. The molecular formula is C17H27NO2S. The second kappa shape index (κ2) is 7.41. The SMILES string of the molecule is CCOC(=O)C1CCCC(NCC(C)(C)c2cccs2)C1. The highest BCUT2D eigenvalue weighted by Gasteiger charge is 2.29. The molecule has 0 saturated heterocycles. The van der Waals surface area contributed by atoms with Gasteiger partial charge < -0.3 is 10.1 Å². The Morgan fingerprint density at radius 1 is 1.48 bits per heavy atom. The Morgan fingerprint density at radius 3 is 2.95 bits per heavy atom. The molecule has 2 rings (SSSR count). The summed E-state index contributed by atoms with van der Waals surface area (Å²) in [5.41, 5.74) is 0.144. The number of rotatable bonds is 6. The molecule has 1 aliphatic carbocycles. The van der Waals surface area contributed by atoms with Gasteiger partial charge in [0.1, 0.15) is 0 Å². The maximum Gasteiger partial charge on any atom is 0.308 e. The molecule has 1 aliphatic rings. The fourth-order valence-corrected chi connectivity index (χ4v) is 3.85. The van der Waals surface area contributed by atoms with Crippen molar-refractivity contribution >= 4 is 17.3 Å². The summed E-state index contributed by atoms with van der Waals surface area (Å²) in [5, 5.41) is 5.81. The third-order valence-corrected chi connectivity index (χ3v) is 5.55. The van der Waals surface area contributed by atoms with E-state index in [4.69, 9.17) is 4.74 Å². The number of carbonyl (C=O) groups is 1. The first-order valence-electron chi connectivity index (χ1n) is 7.97. The molecule has 1 aromatic heterocycles. The fourth-order valence-electron chi connectivity index (χ4n) is 3.00. The summed E-state index contributed by atoms with van der Waals surface area (Å²) in [5.74, 6) is 0.0718. The van der Waals surface area contributed by atoms with E-state index in [0.29, 0.717) is 12.6 Å². The first-order valence-corrected chi connectivity index (χ1v) is 8.85. The molecule has 1 N–H and O–H groups in total. The van der Waals surface area contributed by atoms with E-state index in [2.05, 4.69) is 36.7 Å². The maximum atomic E-state index is 11.9. The number of carbonyl (C=O) groups excluding carboxylic acids is 1. The number of thiophene rings is 1. The lowest BCUT2D eigenvalue weighted by atomic mass is 9.84. The second-order valence-electron chi connectivity index (χ2n) is 6.55. The summed E-state index contributed by atoms with van der Waals surface area (Å²) < 4.78 is 5.17. The number of hydrogen-bond acceptors (Lipinski definition) is 4. The molecule has 1 aromatic rings. The van der Waals surface area contributed by atoms with E-state index in [1.165, 1.54) is 4.88 Å². The van der Waals surface area contributed by atoms with Crippen LogP contribution in [0.5, 0.6) is 0 Å². The standard InChI is InChI=1S/C17H27NO2S/c1-4-20-16(19)13-7-5-8-14(11-13)18-12-17(2,3)15-9-6-10-21-15/h6,9-10,13-14,18H,4-5,7-8,11-12H2,1-3H3. The largest absolute Gasteiger partial charge is 0.466 e. The zero-order valence-corrected chi connectivity index (χ0v) is 14.2. The molecule has 0 aromatic carbocycles. The summed E-state index contributed by atoms with van der Waals surface area (Å²) >= 11 is 1.81. The second-order valence-corrected chi connectivity index (χ2v) is 7.50. The summed E-state index contributed by atoms with van der Waals surface area (Å²) in [7, 11) is 0. The van der Waals surface area contributed by atoms with Gasteiger partial charge in [-0.05, 0) is 37.6 Å². The molecule has 0 amide bonds. The first kappa shape index (κ1) is 16.5. The van der Waals surface area contributed by atoms with Crippen molar-refractivity contribution in [2.24, 2.45) is 5.92 Å². The van der Waals surface area contributed by atoms with Gasteiger partial charge in [0.15, 0.2) is 0 Å². The van der Waals surface area contributed by atoms with Crippen molar-refractivity contribution in [3.8, 4) is 0 Å². The van der Waals surface area contributed by atoms with Crippen LogP contribution in [0.25, 0.3) is 0 Å². The fraction of sp³-hybridized carbons (Fsp3) is 0.706. The minimum absolute atomic E-state index is 0.0125. The number of esters is 1. The van der Waals surface area contributed by atoms with Crippen molar-refractivity contribution in [2.45, 2.75) is 57.9 Å². The zero-order chi connectivity index (χ0) is 15.3. The van der Waals surface area contributed by atoms with Crippen molar-refractivity contribution in [1.29, 1.82) is 0 Å². The van der Waals surface area contributed by atoms with Gasteiger partial charge in [-0.3, -0.25) is 4.79 Å².